The minimum absolute atomic E-state index is 0.00162. The fourth-order valence-corrected chi connectivity index (χ4v) is 0.733. The molecule has 1 aromatic heterocycles. The highest BCUT2D eigenvalue weighted by Crippen LogP contribution is 2.19. The quantitative estimate of drug-likeness (QED) is 0.793. The standard InChI is InChI=1S/C7H6F3N3O/c8-7(9,10)3-6(14)13-5-4-11-1-2-12-5/h1-2,4H,3H2,(H,12,13,14). The van der Waals surface area contributed by atoms with Crippen molar-refractivity contribution in [2.75, 3.05) is 5.32 Å². The Balaban J connectivity index is 2.50. The monoisotopic (exact) mass is 205 g/mol. The van der Waals surface area contributed by atoms with Crippen LogP contribution in [0.4, 0.5) is 19.0 Å². The number of anilines is 1. The largest absolute Gasteiger partial charge is 0.397 e. The summed E-state index contributed by atoms with van der Waals surface area (Å²) in [5.41, 5.74) is 0. The fraction of sp³-hybridized carbons (Fsp3) is 0.286. The van der Waals surface area contributed by atoms with E-state index >= 15 is 0 Å². The summed E-state index contributed by atoms with van der Waals surface area (Å²) >= 11 is 0. The van der Waals surface area contributed by atoms with Gasteiger partial charge >= 0.3 is 6.18 Å². The number of amides is 1. The van der Waals surface area contributed by atoms with Crippen LogP contribution in [0.25, 0.3) is 0 Å². The molecule has 1 rings (SSSR count). The van der Waals surface area contributed by atoms with Gasteiger partial charge in [0.1, 0.15) is 6.42 Å². The second-order valence-corrected chi connectivity index (χ2v) is 2.43. The predicted molar refractivity (Wildman–Crippen MR) is 41.3 cm³/mol. The third-order valence-corrected chi connectivity index (χ3v) is 1.19. The van der Waals surface area contributed by atoms with Gasteiger partial charge in [0.15, 0.2) is 5.82 Å². The van der Waals surface area contributed by atoms with E-state index in [1.54, 1.807) is 0 Å². The van der Waals surface area contributed by atoms with E-state index in [0.29, 0.717) is 0 Å². The number of halogens is 3. The van der Waals surface area contributed by atoms with Gasteiger partial charge < -0.3 is 5.32 Å². The van der Waals surface area contributed by atoms with Gasteiger partial charge in [-0.3, -0.25) is 9.78 Å². The molecule has 0 saturated heterocycles. The Kier molecular flexibility index (Phi) is 3.00. The van der Waals surface area contributed by atoms with Gasteiger partial charge in [0.2, 0.25) is 5.91 Å². The fourth-order valence-electron chi connectivity index (χ4n) is 0.733. The number of carbonyl (C=O) groups is 1. The molecule has 7 heteroatoms. The lowest BCUT2D eigenvalue weighted by Crippen LogP contribution is -2.21. The van der Waals surface area contributed by atoms with Crippen LogP contribution in [0.2, 0.25) is 0 Å². The van der Waals surface area contributed by atoms with Crippen molar-refractivity contribution < 1.29 is 18.0 Å². The highest BCUT2D eigenvalue weighted by atomic mass is 19.4. The van der Waals surface area contributed by atoms with Crippen LogP contribution in [-0.4, -0.2) is 22.1 Å². The van der Waals surface area contributed by atoms with E-state index in [0.717, 1.165) is 6.20 Å². The first kappa shape index (κ1) is 10.4. The molecular weight excluding hydrogens is 199 g/mol. The van der Waals surface area contributed by atoms with Gasteiger partial charge in [-0.15, -0.1) is 0 Å². The van der Waals surface area contributed by atoms with E-state index in [4.69, 9.17) is 0 Å². The van der Waals surface area contributed by atoms with Crippen molar-refractivity contribution in [3.8, 4) is 0 Å². The maximum Gasteiger partial charge on any atom is 0.397 e. The summed E-state index contributed by atoms with van der Waals surface area (Å²) in [7, 11) is 0. The topological polar surface area (TPSA) is 54.9 Å². The van der Waals surface area contributed by atoms with Crippen LogP contribution in [-0.2, 0) is 4.79 Å². The van der Waals surface area contributed by atoms with Gasteiger partial charge in [-0.1, -0.05) is 0 Å². The molecule has 1 aromatic rings. The number of rotatable bonds is 2. The first-order chi connectivity index (χ1) is 6.47. The molecule has 0 bridgehead atoms. The van der Waals surface area contributed by atoms with Crippen molar-refractivity contribution in [3.05, 3.63) is 18.6 Å². The third kappa shape index (κ3) is 3.83. The Morgan fingerprint density at radius 3 is 2.64 bits per heavy atom. The minimum Gasteiger partial charge on any atom is -0.309 e. The van der Waals surface area contributed by atoms with Crippen LogP contribution in [0.1, 0.15) is 6.42 Å². The van der Waals surface area contributed by atoms with E-state index in [-0.39, 0.29) is 5.82 Å². The van der Waals surface area contributed by atoms with Crippen LogP contribution in [0.15, 0.2) is 18.6 Å². The maximum atomic E-state index is 11.7. The molecule has 0 aromatic carbocycles. The van der Waals surface area contributed by atoms with Crippen LogP contribution < -0.4 is 5.32 Å². The summed E-state index contributed by atoms with van der Waals surface area (Å²) in [6, 6.07) is 0. The molecule has 1 amide bonds. The number of nitrogens with zero attached hydrogens (tertiary/aromatic N) is 2. The molecule has 1 heterocycles. The second kappa shape index (κ2) is 4.03. The lowest BCUT2D eigenvalue weighted by molar-refractivity contribution is -0.150. The first-order valence-corrected chi connectivity index (χ1v) is 3.60. The summed E-state index contributed by atoms with van der Waals surface area (Å²) < 4.78 is 35.1. The molecule has 0 saturated carbocycles. The smallest absolute Gasteiger partial charge is 0.309 e. The van der Waals surface area contributed by atoms with Gasteiger partial charge in [-0.2, -0.15) is 13.2 Å². The van der Waals surface area contributed by atoms with Gasteiger partial charge in [0.25, 0.3) is 0 Å². The summed E-state index contributed by atoms with van der Waals surface area (Å²) in [6.07, 6.45) is -2.26. The van der Waals surface area contributed by atoms with Crippen molar-refractivity contribution in [1.29, 1.82) is 0 Å². The van der Waals surface area contributed by atoms with Crippen molar-refractivity contribution in [2.24, 2.45) is 0 Å². The van der Waals surface area contributed by atoms with Crippen molar-refractivity contribution >= 4 is 11.7 Å². The molecule has 76 valence electrons. The molecule has 0 spiro atoms. The lowest BCUT2D eigenvalue weighted by atomic mass is 10.4. The summed E-state index contributed by atoms with van der Waals surface area (Å²) in [4.78, 5) is 17.9. The molecule has 4 nitrogen and oxygen atoms in total. The zero-order chi connectivity index (χ0) is 10.6. The molecule has 0 aliphatic carbocycles. The number of hydrogen-bond donors (Lipinski definition) is 1. The van der Waals surface area contributed by atoms with Crippen LogP contribution in [0, 0.1) is 0 Å². The predicted octanol–water partition coefficient (Wildman–Crippen LogP) is 1.37. The normalized spacial score (nSPS) is 11.1. The van der Waals surface area contributed by atoms with E-state index in [1.165, 1.54) is 12.4 Å². The molecule has 0 unspecified atom stereocenters. The molecule has 0 atom stereocenters. The average molecular weight is 205 g/mol. The van der Waals surface area contributed by atoms with Gasteiger partial charge in [0, 0.05) is 12.4 Å². The van der Waals surface area contributed by atoms with E-state index in [2.05, 4.69) is 9.97 Å². The number of carbonyl (C=O) groups excluding carboxylic acids is 1. The Labute approximate surface area is 77.2 Å². The first-order valence-electron chi connectivity index (χ1n) is 3.60. The van der Waals surface area contributed by atoms with Crippen LogP contribution in [0.5, 0.6) is 0 Å². The van der Waals surface area contributed by atoms with Crippen LogP contribution in [0.3, 0.4) is 0 Å². The Hall–Kier alpha value is -1.66. The molecule has 0 fully saturated rings. The van der Waals surface area contributed by atoms with Gasteiger partial charge in [-0.25, -0.2) is 4.98 Å². The van der Waals surface area contributed by atoms with Crippen LogP contribution >= 0.6 is 0 Å². The van der Waals surface area contributed by atoms with Crippen molar-refractivity contribution in [2.45, 2.75) is 12.6 Å². The molecule has 0 aliphatic rings. The van der Waals surface area contributed by atoms with Gasteiger partial charge in [-0.05, 0) is 0 Å². The highest BCUT2D eigenvalue weighted by Gasteiger charge is 2.31. The van der Waals surface area contributed by atoms with Crippen molar-refractivity contribution in [3.63, 3.8) is 0 Å². The number of hydrogen-bond acceptors (Lipinski definition) is 3. The number of nitrogens with one attached hydrogen (secondary N) is 1. The molecule has 0 aliphatic heterocycles. The zero-order valence-corrected chi connectivity index (χ0v) is 6.88. The van der Waals surface area contributed by atoms with E-state index < -0.39 is 18.5 Å². The molecule has 14 heavy (non-hydrogen) atoms. The number of aromatic nitrogens is 2. The minimum atomic E-state index is -4.51. The second-order valence-electron chi connectivity index (χ2n) is 2.43. The molecule has 0 radical (unpaired) electrons. The SMILES string of the molecule is O=C(CC(F)(F)F)Nc1cnccn1. The van der Waals surface area contributed by atoms with Crippen molar-refractivity contribution in [1.82, 2.24) is 9.97 Å². The summed E-state index contributed by atoms with van der Waals surface area (Å²) in [5.74, 6) is -1.15. The Morgan fingerprint density at radius 1 is 1.43 bits per heavy atom. The Morgan fingerprint density at radius 2 is 2.14 bits per heavy atom. The molecule has 1 N–H and O–H groups in total. The highest BCUT2D eigenvalue weighted by molar-refractivity contribution is 5.89. The third-order valence-electron chi connectivity index (χ3n) is 1.19. The lowest BCUT2D eigenvalue weighted by Gasteiger charge is -2.05. The Bertz CT molecular complexity index is 312. The maximum absolute atomic E-state index is 11.7. The number of alkyl halides is 3. The summed E-state index contributed by atoms with van der Waals surface area (Å²) in [6.45, 7) is 0. The average Bonchev–Trinajstić information content (AvgIpc) is 2.02. The zero-order valence-electron chi connectivity index (χ0n) is 6.88. The summed E-state index contributed by atoms with van der Waals surface area (Å²) in [5, 5.41) is 1.97. The molecular formula is C7H6F3N3O. The van der Waals surface area contributed by atoms with Gasteiger partial charge in [0.05, 0.1) is 6.20 Å². The van der Waals surface area contributed by atoms with E-state index in [9.17, 15) is 18.0 Å². The van der Waals surface area contributed by atoms with E-state index in [1.807, 2.05) is 5.32 Å².